The molecule has 0 fully saturated rings. The first-order chi connectivity index (χ1) is 11.2. The van der Waals surface area contributed by atoms with E-state index in [1.807, 2.05) is 60.8 Å². The quantitative estimate of drug-likeness (QED) is 0.711. The highest BCUT2D eigenvalue weighted by Crippen LogP contribution is 2.33. The van der Waals surface area contributed by atoms with Gasteiger partial charge >= 0.3 is 5.97 Å². The van der Waals surface area contributed by atoms with E-state index >= 15 is 0 Å². The van der Waals surface area contributed by atoms with Crippen LogP contribution in [0, 0.1) is 0 Å². The first kappa shape index (κ1) is 15.3. The van der Waals surface area contributed by atoms with Gasteiger partial charge in [-0.2, -0.15) is 0 Å². The van der Waals surface area contributed by atoms with Crippen molar-refractivity contribution in [3.05, 3.63) is 71.9 Å². The van der Waals surface area contributed by atoms with Gasteiger partial charge in [-0.1, -0.05) is 48.5 Å². The number of nitrogens with two attached hydrogens (primary N) is 1. The van der Waals surface area contributed by atoms with E-state index in [1.165, 1.54) is 0 Å². The van der Waals surface area contributed by atoms with Crippen molar-refractivity contribution in [1.82, 2.24) is 4.98 Å². The van der Waals surface area contributed by atoms with Gasteiger partial charge < -0.3 is 15.5 Å². The molecule has 3 N–H and O–H groups in total. The van der Waals surface area contributed by atoms with Gasteiger partial charge in [0.05, 0.1) is 6.61 Å². The topological polar surface area (TPSA) is 68.1 Å². The molecular weight excluding hydrogens is 288 g/mol. The second-order valence-corrected chi connectivity index (χ2v) is 5.46. The molecule has 2 atom stereocenters. The zero-order valence-corrected chi connectivity index (χ0v) is 13.0. The molecule has 0 unspecified atom stereocenters. The number of rotatable bonds is 5. The summed E-state index contributed by atoms with van der Waals surface area (Å²) in [6.07, 6.45) is 1.93. The largest absolute Gasteiger partial charge is 0.465 e. The molecular formula is C19H20N2O2. The molecule has 0 amide bonds. The molecule has 4 heteroatoms. The maximum atomic E-state index is 12.2. The van der Waals surface area contributed by atoms with Crippen LogP contribution in [0.1, 0.15) is 24.0 Å². The highest BCUT2D eigenvalue weighted by atomic mass is 16.5. The third-order valence-electron chi connectivity index (χ3n) is 4.03. The zero-order chi connectivity index (χ0) is 16.2. The fourth-order valence-corrected chi connectivity index (χ4v) is 2.97. The van der Waals surface area contributed by atoms with Crippen molar-refractivity contribution in [2.24, 2.45) is 5.73 Å². The first-order valence-electron chi connectivity index (χ1n) is 7.75. The monoisotopic (exact) mass is 308 g/mol. The Balaban J connectivity index is 2.10. The fraction of sp³-hybridized carbons (Fsp3) is 0.211. The molecule has 1 heterocycles. The average Bonchev–Trinajstić information content (AvgIpc) is 3.00. The Kier molecular flexibility index (Phi) is 4.44. The van der Waals surface area contributed by atoms with Crippen LogP contribution in [0.2, 0.25) is 0 Å². The van der Waals surface area contributed by atoms with Gasteiger partial charge in [-0.3, -0.25) is 4.79 Å². The lowest BCUT2D eigenvalue weighted by Gasteiger charge is -2.23. The van der Waals surface area contributed by atoms with Crippen LogP contribution in [0.5, 0.6) is 0 Å². The molecule has 0 spiro atoms. The number of hydrogen-bond donors (Lipinski definition) is 2. The van der Waals surface area contributed by atoms with E-state index in [0.29, 0.717) is 6.61 Å². The van der Waals surface area contributed by atoms with Gasteiger partial charge in [-0.05, 0) is 24.1 Å². The van der Waals surface area contributed by atoms with Crippen LogP contribution >= 0.6 is 0 Å². The molecule has 0 bridgehead atoms. The molecule has 0 aliphatic carbocycles. The van der Waals surface area contributed by atoms with E-state index in [4.69, 9.17) is 10.5 Å². The number of ether oxygens (including phenoxy) is 1. The van der Waals surface area contributed by atoms with Crippen molar-refractivity contribution >= 4 is 16.9 Å². The lowest BCUT2D eigenvalue weighted by Crippen LogP contribution is -2.38. The minimum Gasteiger partial charge on any atom is -0.465 e. The third kappa shape index (κ3) is 2.98. The molecule has 3 aromatic rings. The molecule has 0 saturated carbocycles. The number of carbonyl (C=O) groups excluding carboxylic acids is 1. The fourth-order valence-electron chi connectivity index (χ4n) is 2.97. The van der Waals surface area contributed by atoms with Crippen molar-refractivity contribution in [3.8, 4) is 0 Å². The summed E-state index contributed by atoms with van der Waals surface area (Å²) in [6, 6.07) is 17.1. The predicted molar refractivity (Wildman–Crippen MR) is 91.2 cm³/mol. The molecule has 0 aliphatic heterocycles. The van der Waals surface area contributed by atoms with Crippen molar-refractivity contribution in [3.63, 3.8) is 0 Å². The Morgan fingerprint density at radius 1 is 1.13 bits per heavy atom. The number of carbonyl (C=O) groups is 1. The highest BCUT2D eigenvalue weighted by Gasteiger charge is 2.30. The first-order valence-corrected chi connectivity index (χ1v) is 7.75. The second-order valence-electron chi connectivity index (χ2n) is 5.46. The molecule has 3 rings (SSSR count). The molecule has 118 valence electrons. The Hall–Kier alpha value is -2.59. The van der Waals surface area contributed by atoms with Crippen LogP contribution in [0.4, 0.5) is 0 Å². The third-order valence-corrected chi connectivity index (χ3v) is 4.03. The van der Waals surface area contributed by atoms with E-state index in [2.05, 4.69) is 4.98 Å². The Labute approximate surface area is 135 Å². The Bertz CT molecular complexity index is 795. The van der Waals surface area contributed by atoms with Gasteiger partial charge in [0.25, 0.3) is 0 Å². The minimum atomic E-state index is -0.753. The van der Waals surface area contributed by atoms with Crippen molar-refractivity contribution in [1.29, 1.82) is 0 Å². The molecule has 4 nitrogen and oxygen atoms in total. The minimum absolute atomic E-state index is 0.258. The maximum absolute atomic E-state index is 12.2. The number of aromatic nitrogens is 1. The summed E-state index contributed by atoms with van der Waals surface area (Å²) in [5.74, 6) is -0.641. The summed E-state index contributed by atoms with van der Waals surface area (Å²) in [5, 5.41) is 1.07. The smallest absolute Gasteiger partial charge is 0.323 e. The number of para-hydroxylation sites is 1. The highest BCUT2D eigenvalue weighted by molar-refractivity contribution is 5.86. The van der Waals surface area contributed by atoms with E-state index < -0.39 is 6.04 Å². The number of benzene rings is 2. The number of nitrogens with one attached hydrogen (secondary N) is 1. The Morgan fingerprint density at radius 2 is 1.83 bits per heavy atom. The lowest BCUT2D eigenvalue weighted by atomic mass is 9.85. The molecule has 2 aromatic carbocycles. The van der Waals surface area contributed by atoms with Crippen molar-refractivity contribution in [2.75, 3.05) is 6.61 Å². The molecule has 0 aliphatic rings. The summed E-state index contributed by atoms with van der Waals surface area (Å²) in [7, 11) is 0. The summed E-state index contributed by atoms with van der Waals surface area (Å²) in [5.41, 5.74) is 9.31. The van der Waals surface area contributed by atoms with Gasteiger partial charge in [0.1, 0.15) is 6.04 Å². The van der Waals surface area contributed by atoms with Crippen molar-refractivity contribution in [2.45, 2.75) is 18.9 Å². The predicted octanol–water partition coefficient (Wildman–Crippen LogP) is 3.19. The van der Waals surface area contributed by atoms with Crippen LogP contribution in [-0.4, -0.2) is 23.6 Å². The van der Waals surface area contributed by atoms with Gasteiger partial charge in [-0.15, -0.1) is 0 Å². The summed E-state index contributed by atoms with van der Waals surface area (Å²) >= 11 is 0. The summed E-state index contributed by atoms with van der Waals surface area (Å²) < 4.78 is 5.14. The zero-order valence-electron chi connectivity index (χ0n) is 13.0. The maximum Gasteiger partial charge on any atom is 0.323 e. The van der Waals surface area contributed by atoms with E-state index in [9.17, 15) is 4.79 Å². The van der Waals surface area contributed by atoms with Crippen LogP contribution in [0.15, 0.2) is 60.8 Å². The van der Waals surface area contributed by atoms with E-state index in [0.717, 1.165) is 22.0 Å². The molecule has 0 radical (unpaired) electrons. The number of H-pyrrole nitrogens is 1. The molecule has 23 heavy (non-hydrogen) atoms. The average molecular weight is 308 g/mol. The normalized spacial score (nSPS) is 13.7. The van der Waals surface area contributed by atoms with Crippen LogP contribution < -0.4 is 5.73 Å². The van der Waals surface area contributed by atoms with Crippen molar-refractivity contribution < 1.29 is 9.53 Å². The molecule has 1 aromatic heterocycles. The number of aromatic amines is 1. The second kappa shape index (κ2) is 6.67. The number of esters is 1. The number of fused-ring (bicyclic) bond motifs is 1. The van der Waals surface area contributed by atoms with Gasteiger partial charge in [0.2, 0.25) is 0 Å². The van der Waals surface area contributed by atoms with E-state index in [-0.39, 0.29) is 11.9 Å². The number of hydrogen-bond acceptors (Lipinski definition) is 3. The lowest BCUT2D eigenvalue weighted by molar-refractivity contribution is -0.145. The van der Waals surface area contributed by atoms with Crippen LogP contribution in [0.3, 0.4) is 0 Å². The Morgan fingerprint density at radius 3 is 2.57 bits per heavy atom. The summed E-state index contributed by atoms with van der Waals surface area (Å²) in [6.45, 7) is 2.11. The summed E-state index contributed by atoms with van der Waals surface area (Å²) in [4.78, 5) is 15.5. The van der Waals surface area contributed by atoms with Crippen LogP contribution in [-0.2, 0) is 9.53 Å². The van der Waals surface area contributed by atoms with E-state index in [1.54, 1.807) is 6.92 Å². The van der Waals surface area contributed by atoms with Gasteiger partial charge in [-0.25, -0.2) is 0 Å². The SMILES string of the molecule is CCOC(=O)[C@@H](N)[C@H](c1ccccc1)c1c[nH]c2ccccc12. The van der Waals surface area contributed by atoms with Crippen LogP contribution in [0.25, 0.3) is 10.9 Å². The molecule has 0 saturated heterocycles. The van der Waals surface area contributed by atoms with Gasteiger partial charge in [0.15, 0.2) is 0 Å². The van der Waals surface area contributed by atoms with Gasteiger partial charge in [0, 0.05) is 23.0 Å². The standard InChI is InChI=1S/C19H20N2O2/c1-2-23-19(22)18(20)17(13-8-4-3-5-9-13)15-12-21-16-11-7-6-10-14(15)16/h3-12,17-18,21H,2,20H2,1H3/t17-,18+/m1/s1.